The molecule has 0 aliphatic rings. The van der Waals surface area contributed by atoms with Gasteiger partial charge in [-0.25, -0.2) is 9.98 Å². The maximum atomic E-state index is 5.58. The van der Waals surface area contributed by atoms with Gasteiger partial charge in [0.2, 0.25) is 5.89 Å². The molecule has 0 saturated carbocycles. The van der Waals surface area contributed by atoms with Crippen molar-refractivity contribution in [2.24, 2.45) is 4.99 Å². The van der Waals surface area contributed by atoms with Crippen LogP contribution in [0.2, 0.25) is 0 Å². The second kappa shape index (κ2) is 12.6. The molecular weight excluding hydrogens is 453 g/mol. The van der Waals surface area contributed by atoms with E-state index in [0.717, 1.165) is 50.0 Å². The Morgan fingerprint density at radius 1 is 1.15 bits per heavy atom. The van der Waals surface area contributed by atoms with E-state index in [1.165, 1.54) is 5.69 Å². The van der Waals surface area contributed by atoms with Crippen LogP contribution in [0.3, 0.4) is 0 Å². The van der Waals surface area contributed by atoms with Gasteiger partial charge in [-0.3, -0.25) is 0 Å². The molecule has 1 aromatic heterocycles. The predicted octanol–water partition coefficient (Wildman–Crippen LogP) is 3.88. The minimum Gasteiger partial charge on any atom is -0.444 e. The molecule has 0 saturated heterocycles. The van der Waals surface area contributed by atoms with Crippen LogP contribution in [-0.4, -0.2) is 37.1 Å². The van der Waals surface area contributed by atoms with Crippen LogP contribution in [0.1, 0.15) is 37.6 Å². The lowest BCUT2D eigenvalue weighted by atomic mass is 10.2. The van der Waals surface area contributed by atoms with Crippen LogP contribution < -0.4 is 15.5 Å². The number of rotatable bonds is 9. The van der Waals surface area contributed by atoms with Gasteiger partial charge in [0, 0.05) is 31.9 Å². The number of halogens is 1. The van der Waals surface area contributed by atoms with Crippen LogP contribution in [0, 0.1) is 13.8 Å². The Hall–Kier alpha value is -1.77. The standard InChI is InChI=1S/C20H31N5O.HI/c1-5-21-20(23-15-19-24-16(3)17(4)26-19)22-13-10-14-25(6-2)18-11-8-7-9-12-18;/h7-9,11-12H,5-6,10,13-15H2,1-4H3,(H2,21,22,23);1H. The van der Waals surface area contributed by atoms with Crippen LogP contribution in [0.5, 0.6) is 0 Å². The van der Waals surface area contributed by atoms with E-state index in [4.69, 9.17) is 4.42 Å². The van der Waals surface area contributed by atoms with Crippen molar-refractivity contribution in [2.75, 3.05) is 31.1 Å². The molecule has 2 aromatic rings. The molecule has 1 aromatic carbocycles. The summed E-state index contributed by atoms with van der Waals surface area (Å²) in [6, 6.07) is 10.5. The average Bonchev–Trinajstić information content (AvgIpc) is 2.98. The lowest BCUT2D eigenvalue weighted by Crippen LogP contribution is -2.38. The van der Waals surface area contributed by atoms with Crippen molar-refractivity contribution in [3.63, 3.8) is 0 Å². The van der Waals surface area contributed by atoms with Gasteiger partial charge in [0.25, 0.3) is 0 Å². The lowest BCUT2D eigenvalue weighted by Gasteiger charge is -2.23. The van der Waals surface area contributed by atoms with Crippen LogP contribution in [0.25, 0.3) is 0 Å². The molecule has 0 atom stereocenters. The van der Waals surface area contributed by atoms with Crippen molar-refractivity contribution < 1.29 is 4.42 Å². The van der Waals surface area contributed by atoms with Gasteiger partial charge in [0.05, 0.1) is 5.69 Å². The minimum atomic E-state index is 0. The molecule has 0 fully saturated rings. The summed E-state index contributed by atoms with van der Waals surface area (Å²) in [5.41, 5.74) is 2.19. The van der Waals surface area contributed by atoms with Crippen molar-refractivity contribution >= 4 is 35.6 Å². The number of anilines is 1. The highest BCUT2D eigenvalue weighted by molar-refractivity contribution is 14.0. The Balaban J connectivity index is 0.00000364. The number of aromatic nitrogens is 1. The third kappa shape index (κ3) is 7.78. The van der Waals surface area contributed by atoms with Crippen molar-refractivity contribution in [1.82, 2.24) is 15.6 Å². The Morgan fingerprint density at radius 3 is 2.48 bits per heavy atom. The molecule has 6 nitrogen and oxygen atoms in total. The quantitative estimate of drug-likeness (QED) is 0.244. The zero-order valence-electron chi connectivity index (χ0n) is 16.8. The van der Waals surface area contributed by atoms with Gasteiger partial charge in [0.15, 0.2) is 5.96 Å². The summed E-state index contributed by atoms with van der Waals surface area (Å²) in [6.07, 6.45) is 1.03. The average molecular weight is 485 g/mol. The summed E-state index contributed by atoms with van der Waals surface area (Å²) < 4.78 is 5.58. The smallest absolute Gasteiger partial charge is 0.216 e. The summed E-state index contributed by atoms with van der Waals surface area (Å²) in [7, 11) is 0. The lowest BCUT2D eigenvalue weighted by molar-refractivity contribution is 0.472. The van der Waals surface area contributed by atoms with E-state index < -0.39 is 0 Å². The van der Waals surface area contributed by atoms with Gasteiger partial charge in [-0.1, -0.05) is 18.2 Å². The molecule has 0 unspecified atom stereocenters. The van der Waals surface area contributed by atoms with Gasteiger partial charge in [-0.15, -0.1) is 24.0 Å². The number of aryl methyl sites for hydroxylation is 2. The summed E-state index contributed by atoms with van der Waals surface area (Å²) >= 11 is 0. The number of nitrogens with zero attached hydrogens (tertiary/aromatic N) is 3. The van der Waals surface area contributed by atoms with Crippen molar-refractivity contribution in [3.8, 4) is 0 Å². The van der Waals surface area contributed by atoms with Crippen molar-refractivity contribution in [3.05, 3.63) is 47.7 Å². The normalized spacial score (nSPS) is 11.0. The summed E-state index contributed by atoms with van der Waals surface area (Å²) in [5, 5.41) is 6.65. The molecule has 27 heavy (non-hydrogen) atoms. The topological polar surface area (TPSA) is 65.7 Å². The van der Waals surface area contributed by atoms with Gasteiger partial charge in [0.1, 0.15) is 12.3 Å². The van der Waals surface area contributed by atoms with Gasteiger partial charge in [-0.05, 0) is 46.2 Å². The summed E-state index contributed by atoms with van der Waals surface area (Å²) in [5.74, 6) is 2.30. The van der Waals surface area contributed by atoms with E-state index in [1.807, 2.05) is 13.8 Å². The maximum absolute atomic E-state index is 5.58. The zero-order chi connectivity index (χ0) is 18.8. The second-order valence-corrected chi connectivity index (χ2v) is 6.14. The Bertz CT molecular complexity index is 667. The Kier molecular flexibility index (Phi) is 10.8. The molecule has 0 aliphatic carbocycles. The molecule has 2 rings (SSSR count). The number of hydrogen-bond acceptors (Lipinski definition) is 4. The van der Waals surface area contributed by atoms with Crippen LogP contribution >= 0.6 is 24.0 Å². The van der Waals surface area contributed by atoms with Gasteiger partial charge in [-0.2, -0.15) is 0 Å². The molecule has 2 N–H and O–H groups in total. The Morgan fingerprint density at radius 2 is 1.89 bits per heavy atom. The van der Waals surface area contributed by atoms with Crippen LogP contribution in [0.4, 0.5) is 5.69 Å². The van der Waals surface area contributed by atoms with Gasteiger partial charge >= 0.3 is 0 Å². The number of aliphatic imine (C=N–C) groups is 1. The van der Waals surface area contributed by atoms with E-state index in [9.17, 15) is 0 Å². The number of oxazole rings is 1. The minimum absolute atomic E-state index is 0. The third-order valence-corrected chi connectivity index (χ3v) is 4.19. The Labute approximate surface area is 179 Å². The SMILES string of the molecule is CCNC(=NCc1nc(C)c(C)o1)NCCCN(CC)c1ccccc1.I. The third-order valence-electron chi connectivity index (χ3n) is 4.19. The first kappa shape index (κ1) is 23.3. The first-order chi connectivity index (χ1) is 12.6. The highest BCUT2D eigenvalue weighted by Crippen LogP contribution is 2.12. The van der Waals surface area contributed by atoms with Crippen LogP contribution in [-0.2, 0) is 6.54 Å². The van der Waals surface area contributed by atoms with E-state index in [1.54, 1.807) is 0 Å². The monoisotopic (exact) mass is 485 g/mol. The molecule has 0 radical (unpaired) electrons. The number of hydrogen-bond donors (Lipinski definition) is 2. The number of guanidine groups is 1. The fourth-order valence-corrected chi connectivity index (χ4v) is 2.68. The second-order valence-electron chi connectivity index (χ2n) is 6.14. The van der Waals surface area contributed by atoms with E-state index >= 15 is 0 Å². The highest BCUT2D eigenvalue weighted by atomic mass is 127. The van der Waals surface area contributed by atoms with E-state index in [-0.39, 0.29) is 24.0 Å². The number of nitrogens with one attached hydrogen (secondary N) is 2. The highest BCUT2D eigenvalue weighted by Gasteiger charge is 2.06. The fraction of sp³-hybridized carbons (Fsp3) is 0.500. The number of benzene rings is 1. The molecule has 1 heterocycles. The molecule has 0 bridgehead atoms. The molecule has 0 spiro atoms. The molecule has 7 heteroatoms. The van der Waals surface area contributed by atoms with Crippen molar-refractivity contribution in [2.45, 2.75) is 40.7 Å². The zero-order valence-corrected chi connectivity index (χ0v) is 19.1. The summed E-state index contributed by atoms with van der Waals surface area (Å²) in [4.78, 5) is 11.3. The summed E-state index contributed by atoms with van der Waals surface area (Å²) in [6.45, 7) is 12.2. The van der Waals surface area contributed by atoms with Crippen LogP contribution in [0.15, 0.2) is 39.7 Å². The first-order valence-electron chi connectivity index (χ1n) is 9.39. The molecule has 150 valence electrons. The number of para-hydroxylation sites is 1. The van der Waals surface area contributed by atoms with E-state index in [0.29, 0.717) is 12.4 Å². The first-order valence-corrected chi connectivity index (χ1v) is 9.39. The maximum Gasteiger partial charge on any atom is 0.216 e. The molecule has 0 amide bonds. The largest absolute Gasteiger partial charge is 0.444 e. The predicted molar refractivity (Wildman–Crippen MR) is 123 cm³/mol. The van der Waals surface area contributed by atoms with Crippen molar-refractivity contribution in [1.29, 1.82) is 0 Å². The van der Waals surface area contributed by atoms with Gasteiger partial charge < -0.3 is 20.0 Å². The fourth-order valence-electron chi connectivity index (χ4n) is 2.68. The molecular formula is C20H32IN5O. The van der Waals surface area contributed by atoms with E-state index in [2.05, 4.69) is 69.7 Å². The molecule has 0 aliphatic heterocycles.